The van der Waals surface area contributed by atoms with E-state index in [1.165, 1.54) is 0 Å². The van der Waals surface area contributed by atoms with E-state index < -0.39 is 19.7 Å². The van der Waals surface area contributed by atoms with Crippen LogP contribution in [0.5, 0.6) is 0 Å². The van der Waals surface area contributed by atoms with Crippen molar-refractivity contribution in [3.8, 4) is 0 Å². The highest BCUT2D eigenvalue weighted by Crippen LogP contribution is 2.23. The van der Waals surface area contributed by atoms with Gasteiger partial charge in [-0.2, -0.15) is 0 Å². The summed E-state index contributed by atoms with van der Waals surface area (Å²) in [7, 11) is 0. The summed E-state index contributed by atoms with van der Waals surface area (Å²) < 4.78 is 44.4. The van der Waals surface area contributed by atoms with Crippen molar-refractivity contribution in [1.29, 1.82) is 0 Å². The van der Waals surface area contributed by atoms with Crippen LogP contribution in [0.4, 0.5) is 0 Å². The summed E-state index contributed by atoms with van der Waals surface area (Å²) in [4.78, 5) is 0. The Morgan fingerprint density at radius 1 is 1.62 bits per heavy atom. The van der Waals surface area contributed by atoms with E-state index in [0.29, 0.717) is 6.54 Å². The summed E-state index contributed by atoms with van der Waals surface area (Å²) in [6.07, 6.45) is 0.753. The highest BCUT2D eigenvalue weighted by Gasteiger charge is 2.14. The van der Waals surface area contributed by atoms with Crippen LogP contribution in [0.15, 0.2) is 18.2 Å². The maximum atomic E-state index is 7.54. The molecule has 1 heteroatoms. The molecule has 1 unspecified atom stereocenters. The van der Waals surface area contributed by atoms with Gasteiger partial charge in [0.05, 0.1) is 0 Å². The van der Waals surface area contributed by atoms with Crippen molar-refractivity contribution < 1.29 is 8.22 Å². The quantitative estimate of drug-likeness (QED) is 0.701. The standard InChI is InChI=1S/C12H17N/c1-3-10-4-5-12-9(2)13-7-6-11(12)8-10/h4-5,8-9,13H,3,6-7H2,1-2H3/i1D3,2D3. The summed E-state index contributed by atoms with van der Waals surface area (Å²) in [5.74, 6) is 0. The minimum atomic E-state index is -2.08. The van der Waals surface area contributed by atoms with Gasteiger partial charge in [0, 0.05) is 14.3 Å². The average Bonchev–Trinajstić information content (AvgIpc) is 2.24. The molecule has 2 rings (SSSR count). The molecule has 0 saturated carbocycles. The maximum Gasteiger partial charge on any atom is 0.0294 e. The molecule has 1 N–H and O–H groups in total. The van der Waals surface area contributed by atoms with E-state index in [-0.39, 0.29) is 6.42 Å². The lowest BCUT2D eigenvalue weighted by Gasteiger charge is -2.24. The first-order valence-corrected chi connectivity index (χ1v) is 4.52. The molecule has 1 aromatic carbocycles. The topological polar surface area (TPSA) is 12.0 Å². The molecule has 0 aromatic heterocycles. The van der Waals surface area contributed by atoms with E-state index in [1.54, 1.807) is 12.1 Å². The first kappa shape index (κ1) is 4.14. The number of nitrogens with one attached hydrogen (secondary N) is 1. The van der Waals surface area contributed by atoms with Crippen LogP contribution < -0.4 is 5.32 Å². The third kappa shape index (κ3) is 1.61. The number of hydrogen-bond acceptors (Lipinski definition) is 1. The Labute approximate surface area is 88.6 Å². The predicted octanol–water partition coefficient (Wildman–Crippen LogP) is 2.46. The van der Waals surface area contributed by atoms with E-state index in [9.17, 15) is 0 Å². The van der Waals surface area contributed by atoms with E-state index in [0.717, 1.165) is 23.1 Å². The molecule has 1 atom stereocenters. The Kier molecular flexibility index (Phi) is 1.12. The summed E-state index contributed by atoms with van der Waals surface area (Å²) >= 11 is 0. The van der Waals surface area contributed by atoms with Gasteiger partial charge in [0.25, 0.3) is 0 Å². The van der Waals surface area contributed by atoms with Crippen molar-refractivity contribution in [3.63, 3.8) is 0 Å². The van der Waals surface area contributed by atoms with Gasteiger partial charge in [-0.25, -0.2) is 0 Å². The number of fused-ring (bicyclic) bond motifs is 1. The lowest BCUT2D eigenvalue weighted by molar-refractivity contribution is 0.540. The second-order valence-electron chi connectivity index (χ2n) is 3.35. The first-order valence-electron chi connectivity index (χ1n) is 7.52. The molecule has 0 aliphatic carbocycles. The van der Waals surface area contributed by atoms with Crippen LogP contribution in [-0.4, -0.2) is 6.54 Å². The van der Waals surface area contributed by atoms with Gasteiger partial charge in [0.1, 0.15) is 0 Å². The van der Waals surface area contributed by atoms with Gasteiger partial charge in [-0.05, 0) is 42.9 Å². The molecule has 1 aliphatic rings. The lowest BCUT2D eigenvalue weighted by atomic mass is 9.93. The molecule has 0 saturated heterocycles. The zero-order valence-electron chi connectivity index (χ0n) is 13.4. The van der Waals surface area contributed by atoms with Crippen molar-refractivity contribution in [2.24, 2.45) is 0 Å². The van der Waals surface area contributed by atoms with Gasteiger partial charge >= 0.3 is 0 Å². The molecule has 1 heterocycles. The van der Waals surface area contributed by atoms with Gasteiger partial charge in [-0.1, -0.05) is 25.1 Å². The summed E-state index contributed by atoms with van der Waals surface area (Å²) in [6.45, 7) is -3.47. The number of rotatable bonds is 1. The molecule has 1 aromatic rings. The third-order valence-corrected chi connectivity index (χ3v) is 2.47. The number of hydrogen-bond donors (Lipinski definition) is 1. The Morgan fingerprint density at radius 3 is 3.46 bits per heavy atom. The zero-order valence-corrected chi connectivity index (χ0v) is 7.43. The van der Waals surface area contributed by atoms with Crippen molar-refractivity contribution in [2.45, 2.75) is 32.6 Å². The van der Waals surface area contributed by atoms with E-state index in [2.05, 4.69) is 5.32 Å². The fourth-order valence-corrected chi connectivity index (χ4v) is 1.73. The molecule has 0 radical (unpaired) electrons. The van der Waals surface area contributed by atoms with Crippen molar-refractivity contribution in [2.75, 3.05) is 6.54 Å². The van der Waals surface area contributed by atoms with Crippen LogP contribution in [0.1, 0.15) is 44.7 Å². The monoisotopic (exact) mass is 181 g/mol. The van der Waals surface area contributed by atoms with Crippen molar-refractivity contribution in [1.82, 2.24) is 5.32 Å². The Balaban J connectivity index is 2.31. The van der Waals surface area contributed by atoms with Gasteiger partial charge in [0.15, 0.2) is 0 Å². The second kappa shape index (κ2) is 3.51. The molecule has 1 aliphatic heterocycles. The van der Waals surface area contributed by atoms with E-state index >= 15 is 0 Å². The Morgan fingerprint density at radius 2 is 2.62 bits per heavy atom. The van der Waals surface area contributed by atoms with Gasteiger partial charge < -0.3 is 5.32 Å². The van der Waals surface area contributed by atoms with Crippen molar-refractivity contribution >= 4 is 0 Å². The highest BCUT2D eigenvalue weighted by molar-refractivity contribution is 5.35. The molecule has 13 heavy (non-hydrogen) atoms. The minimum absolute atomic E-state index is 0.0200. The molecular weight excluding hydrogens is 158 g/mol. The maximum absolute atomic E-state index is 7.54. The third-order valence-electron chi connectivity index (χ3n) is 2.47. The largest absolute Gasteiger partial charge is 0.310 e. The Hall–Kier alpha value is -0.820. The van der Waals surface area contributed by atoms with Gasteiger partial charge in [-0.3, -0.25) is 0 Å². The summed E-state index contributed by atoms with van der Waals surface area (Å²) in [6, 6.07) is 4.65. The van der Waals surface area contributed by atoms with Crippen LogP contribution in [0.25, 0.3) is 0 Å². The fraction of sp³-hybridized carbons (Fsp3) is 0.500. The predicted molar refractivity (Wildman–Crippen MR) is 55.9 cm³/mol. The molecule has 0 amide bonds. The zero-order chi connectivity index (χ0) is 14.3. The van der Waals surface area contributed by atoms with Crippen molar-refractivity contribution in [3.05, 3.63) is 34.9 Å². The molecule has 1 nitrogen and oxygen atoms in total. The van der Waals surface area contributed by atoms with Gasteiger partial charge in [0.2, 0.25) is 0 Å². The smallest absolute Gasteiger partial charge is 0.0294 e. The van der Waals surface area contributed by atoms with Crippen LogP contribution >= 0.6 is 0 Å². The number of aryl methyl sites for hydroxylation is 1. The Bertz CT molecular complexity index is 462. The fourth-order valence-electron chi connectivity index (χ4n) is 1.73. The van der Waals surface area contributed by atoms with E-state index in [4.69, 9.17) is 8.22 Å². The second-order valence-corrected chi connectivity index (χ2v) is 3.35. The first-order chi connectivity index (χ1) is 8.67. The molecular formula is C12H17N. The van der Waals surface area contributed by atoms with Crippen LogP contribution in [0.3, 0.4) is 0 Å². The normalized spacial score (nSPS) is 30.0. The molecule has 0 fully saturated rings. The van der Waals surface area contributed by atoms with Gasteiger partial charge in [-0.15, -0.1) is 0 Å². The van der Waals surface area contributed by atoms with Crippen LogP contribution in [-0.2, 0) is 12.8 Å². The molecule has 0 bridgehead atoms. The van der Waals surface area contributed by atoms with Crippen LogP contribution in [0, 0.1) is 0 Å². The molecule has 70 valence electrons. The molecule has 0 spiro atoms. The lowest BCUT2D eigenvalue weighted by Crippen LogP contribution is -2.27. The minimum Gasteiger partial charge on any atom is -0.310 e. The van der Waals surface area contributed by atoms with E-state index in [1.807, 2.05) is 6.07 Å². The number of benzene rings is 1. The summed E-state index contributed by atoms with van der Waals surface area (Å²) in [5.41, 5.74) is 2.45. The highest BCUT2D eigenvalue weighted by atomic mass is 14.9. The summed E-state index contributed by atoms with van der Waals surface area (Å²) in [5, 5.41) is 3.01. The SMILES string of the molecule is [2H]C([2H])([2H])Cc1ccc2c(c1)CCNC2C([2H])([2H])[2H]. The van der Waals surface area contributed by atoms with Crippen LogP contribution in [0.2, 0.25) is 0 Å². The average molecular weight is 181 g/mol.